The van der Waals surface area contributed by atoms with Crippen molar-refractivity contribution < 1.29 is 23.8 Å². The van der Waals surface area contributed by atoms with Gasteiger partial charge >= 0.3 is 5.97 Å². The highest BCUT2D eigenvalue weighted by atomic mass is 16.5. The number of hydrogen-bond donors (Lipinski definition) is 1. The van der Waals surface area contributed by atoms with E-state index in [1.54, 1.807) is 32.4 Å². The van der Waals surface area contributed by atoms with Crippen LogP contribution in [0, 0.1) is 20.8 Å². The summed E-state index contributed by atoms with van der Waals surface area (Å²) in [6.07, 6.45) is 0. The Hall–Kier alpha value is -3.02. The summed E-state index contributed by atoms with van der Waals surface area (Å²) >= 11 is 0. The van der Waals surface area contributed by atoms with Crippen LogP contribution < -0.4 is 14.8 Å². The molecule has 2 rings (SSSR count). The topological polar surface area (TPSA) is 73.9 Å². The third-order valence-electron chi connectivity index (χ3n) is 4.50. The standard InChI is InChI=1S/C22H27NO5/c1-13-9-14(2)21(15(3)10-13)22(25)28-12-20(24)23-16(4)18-11-17(26-5)7-8-19(18)27-6/h7-11,16H,12H2,1-6H3,(H,23,24)/t16-/m0/s1. The fraction of sp³-hybridized carbons (Fsp3) is 0.364. The van der Waals surface area contributed by atoms with Crippen LogP contribution in [0.2, 0.25) is 0 Å². The van der Waals surface area contributed by atoms with E-state index in [-0.39, 0.29) is 12.6 Å². The van der Waals surface area contributed by atoms with Gasteiger partial charge in [-0.1, -0.05) is 17.7 Å². The summed E-state index contributed by atoms with van der Waals surface area (Å²) in [5.74, 6) is 0.398. The van der Waals surface area contributed by atoms with Crippen LogP contribution in [0.5, 0.6) is 11.5 Å². The molecule has 0 radical (unpaired) electrons. The first kappa shape index (κ1) is 21.3. The molecule has 0 spiro atoms. The van der Waals surface area contributed by atoms with Crippen molar-refractivity contribution in [3.05, 3.63) is 58.1 Å². The van der Waals surface area contributed by atoms with Crippen molar-refractivity contribution in [2.75, 3.05) is 20.8 Å². The number of carbonyl (C=O) groups is 2. The van der Waals surface area contributed by atoms with E-state index in [0.717, 1.165) is 22.3 Å². The molecule has 1 N–H and O–H groups in total. The summed E-state index contributed by atoms with van der Waals surface area (Å²) in [4.78, 5) is 24.7. The van der Waals surface area contributed by atoms with Gasteiger partial charge in [0.05, 0.1) is 25.8 Å². The van der Waals surface area contributed by atoms with Crippen molar-refractivity contribution in [2.45, 2.75) is 33.7 Å². The Morgan fingerprint density at radius 3 is 2.21 bits per heavy atom. The molecule has 0 bridgehead atoms. The lowest BCUT2D eigenvalue weighted by atomic mass is 10.00. The summed E-state index contributed by atoms with van der Waals surface area (Å²) < 4.78 is 15.8. The van der Waals surface area contributed by atoms with Crippen LogP contribution in [0.4, 0.5) is 0 Å². The molecule has 150 valence electrons. The smallest absolute Gasteiger partial charge is 0.339 e. The number of amides is 1. The molecule has 0 aliphatic rings. The van der Waals surface area contributed by atoms with E-state index >= 15 is 0 Å². The quantitative estimate of drug-likeness (QED) is 0.736. The molecule has 0 fully saturated rings. The first-order valence-corrected chi connectivity index (χ1v) is 9.03. The molecule has 6 heteroatoms. The Bertz CT molecular complexity index is 852. The van der Waals surface area contributed by atoms with Crippen molar-refractivity contribution in [2.24, 2.45) is 0 Å². The molecule has 0 saturated heterocycles. The number of benzene rings is 2. The Labute approximate surface area is 165 Å². The molecule has 0 aromatic heterocycles. The molecule has 2 aromatic carbocycles. The lowest BCUT2D eigenvalue weighted by Gasteiger charge is -2.18. The van der Waals surface area contributed by atoms with Gasteiger partial charge in [0.2, 0.25) is 0 Å². The van der Waals surface area contributed by atoms with Crippen LogP contribution >= 0.6 is 0 Å². The van der Waals surface area contributed by atoms with E-state index in [4.69, 9.17) is 14.2 Å². The number of esters is 1. The van der Waals surface area contributed by atoms with Gasteiger partial charge in [0.15, 0.2) is 6.61 Å². The minimum absolute atomic E-state index is 0.348. The number of carbonyl (C=O) groups excluding carboxylic acids is 2. The number of aryl methyl sites for hydroxylation is 3. The third-order valence-corrected chi connectivity index (χ3v) is 4.50. The fourth-order valence-corrected chi connectivity index (χ4v) is 3.24. The fourth-order valence-electron chi connectivity index (χ4n) is 3.24. The average molecular weight is 385 g/mol. The second-order valence-corrected chi connectivity index (χ2v) is 6.75. The van der Waals surface area contributed by atoms with Crippen LogP contribution in [-0.2, 0) is 9.53 Å². The van der Waals surface area contributed by atoms with Crippen LogP contribution in [0.3, 0.4) is 0 Å². The highest BCUT2D eigenvalue weighted by molar-refractivity contribution is 5.94. The Kier molecular flexibility index (Phi) is 7.04. The highest BCUT2D eigenvalue weighted by Gasteiger charge is 2.18. The van der Waals surface area contributed by atoms with Crippen molar-refractivity contribution in [3.8, 4) is 11.5 Å². The molecule has 0 unspecified atom stereocenters. The van der Waals surface area contributed by atoms with Crippen molar-refractivity contribution in [1.29, 1.82) is 0 Å². The van der Waals surface area contributed by atoms with Crippen LogP contribution in [-0.4, -0.2) is 32.7 Å². The minimum Gasteiger partial charge on any atom is -0.497 e. The van der Waals surface area contributed by atoms with Gasteiger partial charge in [-0.3, -0.25) is 4.79 Å². The maximum Gasteiger partial charge on any atom is 0.339 e. The molecule has 1 atom stereocenters. The van der Waals surface area contributed by atoms with Crippen LogP contribution in [0.15, 0.2) is 30.3 Å². The van der Waals surface area contributed by atoms with Gasteiger partial charge in [-0.2, -0.15) is 0 Å². The van der Waals surface area contributed by atoms with Gasteiger partial charge in [0.25, 0.3) is 5.91 Å². The second-order valence-electron chi connectivity index (χ2n) is 6.75. The Balaban J connectivity index is 2.02. The molecule has 28 heavy (non-hydrogen) atoms. The summed E-state index contributed by atoms with van der Waals surface area (Å²) in [6, 6.07) is 8.85. The number of ether oxygens (including phenoxy) is 3. The number of rotatable bonds is 7. The maximum atomic E-state index is 12.4. The summed E-state index contributed by atoms with van der Waals surface area (Å²) in [6.45, 7) is 7.14. The van der Waals surface area contributed by atoms with Crippen LogP contribution in [0.1, 0.15) is 45.6 Å². The minimum atomic E-state index is -0.503. The number of nitrogens with one attached hydrogen (secondary N) is 1. The van der Waals surface area contributed by atoms with E-state index < -0.39 is 11.9 Å². The molecule has 0 heterocycles. The van der Waals surface area contributed by atoms with Crippen molar-refractivity contribution in [3.63, 3.8) is 0 Å². The number of methoxy groups -OCH3 is 2. The molecule has 0 aliphatic heterocycles. The largest absolute Gasteiger partial charge is 0.497 e. The molecular formula is C22H27NO5. The van der Waals surface area contributed by atoms with E-state index in [2.05, 4.69) is 5.32 Å². The van der Waals surface area contributed by atoms with E-state index in [0.29, 0.717) is 17.1 Å². The average Bonchev–Trinajstić information content (AvgIpc) is 2.64. The first-order valence-electron chi connectivity index (χ1n) is 9.03. The lowest BCUT2D eigenvalue weighted by Crippen LogP contribution is -2.31. The van der Waals surface area contributed by atoms with Gasteiger partial charge in [-0.25, -0.2) is 4.79 Å². The first-order chi connectivity index (χ1) is 13.3. The highest BCUT2D eigenvalue weighted by Crippen LogP contribution is 2.29. The van der Waals surface area contributed by atoms with Gasteiger partial charge in [-0.05, 0) is 57.0 Å². The zero-order valence-electron chi connectivity index (χ0n) is 17.2. The normalized spacial score (nSPS) is 11.5. The van der Waals surface area contributed by atoms with Gasteiger partial charge in [0.1, 0.15) is 11.5 Å². The number of hydrogen-bond acceptors (Lipinski definition) is 5. The lowest BCUT2D eigenvalue weighted by molar-refractivity contribution is -0.124. The summed E-state index contributed by atoms with van der Waals surface area (Å²) in [5, 5.41) is 2.82. The monoisotopic (exact) mass is 385 g/mol. The Morgan fingerprint density at radius 1 is 1.00 bits per heavy atom. The molecule has 6 nitrogen and oxygen atoms in total. The maximum absolute atomic E-state index is 12.4. The SMILES string of the molecule is COc1ccc(OC)c([C@H](C)NC(=O)COC(=O)c2c(C)cc(C)cc2C)c1. The predicted octanol–water partition coefficient (Wildman–Crippen LogP) is 3.66. The Morgan fingerprint density at radius 2 is 1.64 bits per heavy atom. The van der Waals surface area contributed by atoms with Crippen molar-refractivity contribution in [1.82, 2.24) is 5.32 Å². The van der Waals surface area contributed by atoms with E-state index in [1.165, 1.54) is 0 Å². The molecule has 2 aromatic rings. The zero-order chi connectivity index (χ0) is 20.8. The molecular weight excluding hydrogens is 358 g/mol. The molecule has 1 amide bonds. The summed E-state index contributed by atoms with van der Waals surface area (Å²) in [5.41, 5.74) is 4.01. The van der Waals surface area contributed by atoms with E-state index in [9.17, 15) is 9.59 Å². The summed E-state index contributed by atoms with van der Waals surface area (Å²) in [7, 11) is 3.14. The van der Waals surface area contributed by atoms with E-state index in [1.807, 2.05) is 39.8 Å². The van der Waals surface area contributed by atoms with Gasteiger partial charge in [0, 0.05) is 5.56 Å². The van der Waals surface area contributed by atoms with Crippen LogP contribution in [0.25, 0.3) is 0 Å². The van der Waals surface area contributed by atoms with Gasteiger partial charge < -0.3 is 19.5 Å². The predicted molar refractivity (Wildman–Crippen MR) is 107 cm³/mol. The molecule has 0 aliphatic carbocycles. The van der Waals surface area contributed by atoms with Crippen molar-refractivity contribution >= 4 is 11.9 Å². The van der Waals surface area contributed by atoms with Gasteiger partial charge in [-0.15, -0.1) is 0 Å². The third kappa shape index (κ3) is 5.03. The second kappa shape index (κ2) is 9.26. The zero-order valence-corrected chi connectivity index (χ0v) is 17.2. The molecule has 0 saturated carbocycles.